The molecule has 10 aromatic rings. The summed E-state index contributed by atoms with van der Waals surface area (Å²) in [6.45, 7) is 0. The Labute approximate surface area is 349 Å². The quantitative estimate of drug-likeness (QED) is 0.146. The fourth-order valence-corrected chi connectivity index (χ4v) is 7.41. The van der Waals surface area contributed by atoms with Crippen LogP contribution in [-0.2, 0) is 0 Å². The van der Waals surface area contributed by atoms with Crippen molar-refractivity contribution in [3.63, 3.8) is 0 Å². The van der Waals surface area contributed by atoms with Crippen molar-refractivity contribution in [2.24, 2.45) is 0 Å². The van der Waals surface area contributed by atoms with Crippen LogP contribution in [0.5, 0.6) is 0 Å². The monoisotopic (exact) mass is 767 g/mol. The van der Waals surface area contributed by atoms with Gasteiger partial charge in [0.15, 0.2) is 23.3 Å². The summed E-state index contributed by atoms with van der Waals surface area (Å²) >= 11 is 0. The van der Waals surface area contributed by atoms with E-state index in [4.69, 9.17) is 24.9 Å². The third-order valence-corrected chi connectivity index (χ3v) is 10.6. The highest BCUT2D eigenvalue weighted by atomic mass is 15.0. The standard InChI is InChI=1S/C55H37N5/c1-5-15-38(16-6-1)39-27-29-40(30-28-39)46-23-13-25-48(35-46)54-58-53(45-21-11-4-12-22-45)59-55(60-54)49-26-14-24-47(36-49)41-31-33-43(34-32-41)51-37-50(42-17-7-2-8-18-42)56-52(57-51)44-19-9-3-10-20-44/h1-37H. The minimum atomic E-state index is 0.609. The van der Waals surface area contributed by atoms with E-state index in [1.54, 1.807) is 0 Å². The number of rotatable bonds is 9. The molecule has 0 fully saturated rings. The maximum Gasteiger partial charge on any atom is 0.164 e. The normalized spacial score (nSPS) is 11.0. The molecule has 0 spiro atoms. The molecule has 282 valence electrons. The Hall–Kier alpha value is -8.15. The first-order valence-corrected chi connectivity index (χ1v) is 20.0. The first-order chi connectivity index (χ1) is 29.7. The summed E-state index contributed by atoms with van der Waals surface area (Å²) in [5.41, 5.74) is 14.3. The summed E-state index contributed by atoms with van der Waals surface area (Å²) in [6, 6.07) is 77.0. The van der Waals surface area contributed by atoms with Crippen LogP contribution in [-0.4, -0.2) is 24.9 Å². The summed E-state index contributed by atoms with van der Waals surface area (Å²) in [5.74, 6) is 2.54. The highest BCUT2D eigenvalue weighted by molar-refractivity contribution is 5.78. The van der Waals surface area contributed by atoms with Crippen LogP contribution in [0.2, 0.25) is 0 Å². The summed E-state index contributed by atoms with van der Waals surface area (Å²) in [6.07, 6.45) is 0. The Morgan fingerprint density at radius 3 is 0.867 bits per heavy atom. The third kappa shape index (κ3) is 7.76. The van der Waals surface area contributed by atoms with Gasteiger partial charge in [0.05, 0.1) is 11.4 Å². The lowest BCUT2D eigenvalue weighted by Gasteiger charge is -2.11. The van der Waals surface area contributed by atoms with Gasteiger partial charge in [-0.15, -0.1) is 0 Å². The van der Waals surface area contributed by atoms with Crippen LogP contribution in [0.1, 0.15) is 0 Å². The molecule has 0 radical (unpaired) electrons. The maximum atomic E-state index is 5.11. The van der Waals surface area contributed by atoms with Gasteiger partial charge in [-0.25, -0.2) is 24.9 Å². The number of hydrogen-bond donors (Lipinski definition) is 0. The molecule has 8 aromatic carbocycles. The highest BCUT2D eigenvalue weighted by Crippen LogP contribution is 2.33. The number of hydrogen-bond acceptors (Lipinski definition) is 5. The van der Waals surface area contributed by atoms with Crippen molar-refractivity contribution in [3.05, 3.63) is 224 Å². The topological polar surface area (TPSA) is 64.5 Å². The van der Waals surface area contributed by atoms with E-state index in [1.165, 1.54) is 11.1 Å². The second-order valence-corrected chi connectivity index (χ2v) is 14.5. The third-order valence-electron chi connectivity index (χ3n) is 10.6. The van der Waals surface area contributed by atoms with Crippen LogP contribution in [0.3, 0.4) is 0 Å². The van der Waals surface area contributed by atoms with Gasteiger partial charge in [0.1, 0.15) is 0 Å². The highest BCUT2D eigenvalue weighted by Gasteiger charge is 2.15. The Bertz CT molecular complexity index is 2990. The molecule has 2 heterocycles. The fourth-order valence-electron chi connectivity index (χ4n) is 7.41. The predicted molar refractivity (Wildman–Crippen MR) is 244 cm³/mol. The zero-order valence-corrected chi connectivity index (χ0v) is 32.6. The van der Waals surface area contributed by atoms with Crippen molar-refractivity contribution >= 4 is 0 Å². The van der Waals surface area contributed by atoms with E-state index in [2.05, 4.69) is 140 Å². The van der Waals surface area contributed by atoms with Crippen molar-refractivity contribution in [1.82, 2.24) is 24.9 Å². The Kier molecular flexibility index (Phi) is 9.88. The average molecular weight is 768 g/mol. The van der Waals surface area contributed by atoms with Crippen molar-refractivity contribution in [2.75, 3.05) is 0 Å². The molecule has 0 atom stereocenters. The van der Waals surface area contributed by atoms with E-state index in [1.807, 2.05) is 84.9 Å². The molecule has 0 saturated carbocycles. The zero-order chi connectivity index (χ0) is 40.1. The molecule has 0 saturated heterocycles. The van der Waals surface area contributed by atoms with Crippen molar-refractivity contribution in [3.8, 4) is 101 Å². The Morgan fingerprint density at radius 1 is 0.167 bits per heavy atom. The first-order valence-electron chi connectivity index (χ1n) is 20.0. The van der Waals surface area contributed by atoms with Crippen LogP contribution in [0.4, 0.5) is 0 Å². The molecule has 0 amide bonds. The van der Waals surface area contributed by atoms with E-state index >= 15 is 0 Å². The van der Waals surface area contributed by atoms with E-state index in [-0.39, 0.29) is 0 Å². The summed E-state index contributed by atoms with van der Waals surface area (Å²) in [5, 5.41) is 0. The molecule has 2 aromatic heterocycles. The minimum absolute atomic E-state index is 0.609. The first kappa shape index (κ1) is 36.2. The minimum Gasteiger partial charge on any atom is -0.228 e. The van der Waals surface area contributed by atoms with Gasteiger partial charge in [-0.05, 0) is 51.6 Å². The van der Waals surface area contributed by atoms with Gasteiger partial charge in [-0.2, -0.15) is 0 Å². The van der Waals surface area contributed by atoms with Crippen molar-refractivity contribution < 1.29 is 0 Å². The Balaban J connectivity index is 0.986. The van der Waals surface area contributed by atoms with E-state index in [0.29, 0.717) is 23.3 Å². The van der Waals surface area contributed by atoms with Gasteiger partial charge >= 0.3 is 0 Å². The van der Waals surface area contributed by atoms with Crippen molar-refractivity contribution in [2.45, 2.75) is 0 Å². The second kappa shape index (κ2) is 16.4. The van der Waals surface area contributed by atoms with Gasteiger partial charge in [-0.3, -0.25) is 0 Å². The molecule has 0 unspecified atom stereocenters. The molecule has 10 rings (SSSR count). The summed E-state index contributed by atoms with van der Waals surface area (Å²) in [4.78, 5) is 25.2. The molecule has 5 heteroatoms. The molecular weight excluding hydrogens is 731 g/mol. The lowest BCUT2D eigenvalue weighted by Crippen LogP contribution is -2.00. The van der Waals surface area contributed by atoms with Crippen LogP contribution in [0, 0.1) is 0 Å². The molecule has 60 heavy (non-hydrogen) atoms. The molecular formula is C55H37N5. The predicted octanol–water partition coefficient (Wildman–Crippen LogP) is 13.7. The van der Waals surface area contributed by atoms with Crippen LogP contribution < -0.4 is 0 Å². The summed E-state index contributed by atoms with van der Waals surface area (Å²) < 4.78 is 0. The lowest BCUT2D eigenvalue weighted by atomic mass is 9.99. The van der Waals surface area contributed by atoms with E-state index < -0.39 is 0 Å². The number of aromatic nitrogens is 5. The lowest BCUT2D eigenvalue weighted by molar-refractivity contribution is 1.07. The zero-order valence-electron chi connectivity index (χ0n) is 32.6. The van der Waals surface area contributed by atoms with Crippen LogP contribution in [0.15, 0.2) is 224 Å². The molecule has 5 nitrogen and oxygen atoms in total. The molecule has 0 aliphatic rings. The van der Waals surface area contributed by atoms with Gasteiger partial charge in [-0.1, -0.05) is 206 Å². The molecule has 0 N–H and O–H groups in total. The average Bonchev–Trinajstić information content (AvgIpc) is 3.35. The van der Waals surface area contributed by atoms with Gasteiger partial charge in [0.2, 0.25) is 0 Å². The fraction of sp³-hybridized carbons (Fsp3) is 0. The Morgan fingerprint density at radius 2 is 0.433 bits per heavy atom. The largest absolute Gasteiger partial charge is 0.228 e. The van der Waals surface area contributed by atoms with Gasteiger partial charge < -0.3 is 0 Å². The number of nitrogens with zero attached hydrogens (tertiary/aromatic N) is 5. The maximum absolute atomic E-state index is 5.11. The molecule has 0 aliphatic carbocycles. The smallest absolute Gasteiger partial charge is 0.164 e. The number of benzene rings is 8. The van der Waals surface area contributed by atoms with Gasteiger partial charge in [0.25, 0.3) is 0 Å². The van der Waals surface area contributed by atoms with E-state index in [9.17, 15) is 0 Å². The van der Waals surface area contributed by atoms with Gasteiger partial charge in [0, 0.05) is 33.4 Å². The van der Waals surface area contributed by atoms with Crippen LogP contribution in [0.25, 0.3) is 101 Å². The van der Waals surface area contributed by atoms with Crippen molar-refractivity contribution in [1.29, 1.82) is 0 Å². The van der Waals surface area contributed by atoms with Crippen LogP contribution >= 0.6 is 0 Å². The molecule has 0 bridgehead atoms. The van der Waals surface area contributed by atoms with E-state index in [0.717, 1.165) is 67.0 Å². The second-order valence-electron chi connectivity index (χ2n) is 14.5. The summed E-state index contributed by atoms with van der Waals surface area (Å²) in [7, 11) is 0. The SMILES string of the molecule is c1ccc(-c2ccc(-c3cccc(-c4nc(-c5ccccc5)nc(-c5cccc(-c6ccc(-c7cc(-c8ccccc8)nc(-c8ccccc8)n7)cc6)c5)n4)c3)cc2)cc1. The molecule has 0 aliphatic heterocycles.